The van der Waals surface area contributed by atoms with Crippen LogP contribution in [0.5, 0.6) is 0 Å². The number of amides is 2. The Labute approximate surface area is 127 Å². The molecule has 0 radical (unpaired) electrons. The van der Waals surface area contributed by atoms with Crippen LogP contribution in [-0.2, 0) is 9.59 Å². The summed E-state index contributed by atoms with van der Waals surface area (Å²) in [5.41, 5.74) is 0. The minimum absolute atomic E-state index is 0.155. The minimum Gasteiger partial charge on any atom is -0.329 e. The molecule has 0 N–H and O–H groups in total. The average molecular weight is 292 g/mol. The molecule has 0 aromatic heterocycles. The molecular weight excluding hydrogens is 264 g/mol. The van der Waals surface area contributed by atoms with Gasteiger partial charge in [-0.25, -0.2) is 0 Å². The first kappa shape index (κ1) is 14.9. The van der Waals surface area contributed by atoms with Crippen molar-refractivity contribution >= 4 is 11.8 Å². The van der Waals surface area contributed by atoms with E-state index in [-0.39, 0.29) is 23.9 Å². The molecule has 3 rings (SSSR count). The van der Waals surface area contributed by atoms with Crippen molar-refractivity contribution < 1.29 is 9.59 Å². The number of hydrogen-bond acceptors (Lipinski definition) is 2. The van der Waals surface area contributed by atoms with Gasteiger partial charge in [0, 0.05) is 13.1 Å². The molecule has 4 nitrogen and oxygen atoms in total. The minimum atomic E-state index is -0.200. The van der Waals surface area contributed by atoms with Crippen LogP contribution in [0.1, 0.15) is 64.7 Å². The fraction of sp³-hybridized carbons (Fsp3) is 0.882. The topological polar surface area (TPSA) is 40.6 Å². The van der Waals surface area contributed by atoms with Crippen molar-refractivity contribution in [1.82, 2.24) is 9.80 Å². The van der Waals surface area contributed by atoms with E-state index in [0.29, 0.717) is 5.92 Å². The second-order valence-corrected chi connectivity index (χ2v) is 6.96. The van der Waals surface area contributed by atoms with E-state index in [2.05, 4.69) is 0 Å². The highest BCUT2D eigenvalue weighted by Gasteiger charge is 2.46. The Morgan fingerprint density at radius 3 is 2.38 bits per heavy atom. The highest BCUT2D eigenvalue weighted by atomic mass is 16.2. The lowest BCUT2D eigenvalue weighted by atomic mass is 9.87. The lowest BCUT2D eigenvalue weighted by molar-refractivity contribution is -0.164. The van der Waals surface area contributed by atoms with E-state index < -0.39 is 0 Å². The zero-order chi connectivity index (χ0) is 14.8. The van der Waals surface area contributed by atoms with Crippen LogP contribution in [0.4, 0.5) is 0 Å². The van der Waals surface area contributed by atoms with E-state index in [1.807, 2.05) is 16.7 Å². The summed E-state index contributed by atoms with van der Waals surface area (Å²) in [6.45, 7) is 3.63. The number of fused-ring (bicyclic) bond motifs is 1. The van der Waals surface area contributed by atoms with Crippen molar-refractivity contribution in [2.45, 2.75) is 76.8 Å². The van der Waals surface area contributed by atoms with Gasteiger partial charge in [-0.05, 0) is 44.4 Å². The Kier molecular flexibility index (Phi) is 4.51. The molecule has 1 aliphatic carbocycles. The third-order valence-electron chi connectivity index (χ3n) is 5.58. The summed E-state index contributed by atoms with van der Waals surface area (Å²) in [6, 6.07) is -0.355. The van der Waals surface area contributed by atoms with Gasteiger partial charge < -0.3 is 9.80 Å². The molecule has 0 spiro atoms. The Balaban J connectivity index is 1.76. The Bertz CT molecular complexity index is 404. The van der Waals surface area contributed by atoms with Crippen molar-refractivity contribution in [2.24, 2.45) is 5.92 Å². The number of nitrogens with zero attached hydrogens (tertiary/aromatic N) is 2. The SMILES string of the molecule is CCC1C(=O)N2CCCCC2C(=O)N1CC1CCCCC1. The molecule has 2 unspecified atom stereocenters. The molecule has 118 valence electrons. The normalized spacial score (nSPS) is 31.5. The van der Waals surface area contributed by atoms with Crippen LogP contribution in [0.25, 0.3) is 0 Å². The monoisotopic (exact) mass is 292 g/mol. The first-order valence-corrected chi connectivity index (χ1v) is 8.83. The predicted octanol–water partition coefficient (Wildman–Crippen LogP) is 2.57. The van der Waals surface area contributed by atoms with Crippen LogP contribution in [0.15, 0.2) is 0 Å². The van der Waals surface area contributed by atoms with Gasteiger partial charge in [-0.15, -0.1) is 0 Å². The number of piperazine rings is 1. The number of carbonyl (C=O) groups excluding carboxylic acids is 2. The van der Waals surface area contributed by atoms with Crippen LogP contribution in [0.2, 0.25) is 0 Å². The first-order valence-electron chi connectivity index (χ1n) is 8.83. The van der Waals surface area contributed by atoms with Gasteiger partial charge in [-0.1, -0.05) is 26.2 Å². The maximum absolute atomic E-state index is 12.9. The van der Waals surface area contributed by atoms with Gasteiger partial charge in [0.25, 0.3) is 0 Å². The molecule has 0 aromatic carbocycles. The quantitative estimate of drug-likeness (QED) is 0.802. The number of piperidine rings is 1. The van der Waals surface area contributed by atoms with Crippen LogP contribution >= 0.6 is 0 Å². The van der Waals surface area contributed by atoms with Crippen LogP contribution in [0.3, 0.4) is 0 Å². The van der Waals surface area contributed by atoms with E-state index >= 15 is 0 Å². The molecule has 2 saturated heterocycles. The van der Waals surface area contributed by atoms with Gasteiger partial charge in [0.2, 0.25) is 11.8 Å². The van der Waals surface area contributed by atoms with Crippen molar-refractivity contribution in [2.75, 3.05) is 13.1 Å². The molecule has 1 saturated carbocycles. The van der Waals surface area contributed by atoms with E-state index in [1.165, 1.54) is 32.1 Å². The van der Waals surface area contributed by atoms with E-state index in [4.69, 9.17) is 0 Å². The van der Waals surface area contributed by atoms with Gasteiger partial charge in [0.1, 0.15) is 12.1 Å². The fourth-order valence-corrected chi connectivity index (χ4v) is 4.38. The van der Waals surface area contributed by atoms with Crippen molar-refractivity contribution in [3.63, 3.8) is 0 Å². The smallest absolute Gasteiger partial charge is 0.246 e. The van der Waals surface area contributed by atoms with Gasteiger partial charge >= 0.3 is 0 Å². The molecule has 2 amide bonds. The molecule has 21 heavy (non-hydrogen) atoms. The third kappa shape index (κ3) is 2.82. The second kappa shape index (κ2) is 6.37. The lowest BCUT2D eigenvalue weighted by Gasteiger charge is -2.48. The maximum atomic E-state index is 12.9. The summed E-state index contributed by atoms with van der Waals surface area (Å²) in [5.74, 6) is 1.05. The molecule has 0 aromatic rings. The summed E-state index contributed by atoms with van der Waals surface area (Å²) in [7, 11) is 0. The van der Waals surface area contributed by atoms with E-state index in [1.54, 1.807) is 0 Å². The van der Waals surface area contributed by atoms with Gasteiger partial charge in [0.05, 0.1) is 0 Å². The molecule has 3 fully saturated rings. The zero-order valence-corrected chi connectivity index (χ0v) is 13.2. The average Bonchev–Trinajstić information content (AvgIpc) is 2.54. The Morgan fingerprint density at radius 1 is 0.952 bits per heavy atom. The number of carbonyl (C=O) groups is 2. The number of hydrogen-bond donors (Lipinski definition) is 0. The van der Waals surface area contributed by atoms with Crippen LogP contribution in [0, 0.1) is 5.92 Å². The van der Waals surface area contributed by atoms with Crippen molar-refractivity contribution in [1.29, 1.82) is 0 Å². The number of rotatable bonds is 3. The van der Waals surface area contributed by atoms with Gasteiger partial charge in [-0.3, -0.25) is 9.59 Å². The summed E-state index contributed by atoms with van der Waals surface area (Å²) in [5, 5.41) is 0. The maximum Gasteiger partial charge on any atom is 0.246 e. The van der Waals surface area contributed by atoms with E-state index in [9.17, 15) is 9.59 Å². The first-order chi connectivity index (χ1) is 10.2. The molecule has 4 heteroatoms. The summed E-state index contributed by atoms with van der Waals surface area (Å²) >= 11 is 0. The van der Waals surface area contributed by atoms with Crippen molar-refractivity contribution in [3.8, 4) is 0 Å². The zero-order valence-electron chi connectivity index (χ0n) is 13.2. The molecule has 0 bridgehead atoms. The van der Waals surface area contributed by atoms with Gasteiger partial charge in [0.15, 0.2) is 0 Å². The van der Waals surface area contributed by atoms with Crippen molar-refractivity contribution in [3.05, 3.63) is 0 Å². The summed E-state index contributed by atoms with van der Waals surface area (Å²) in [6.07, 6.45) is 10.1. The Morgan fingerprint density at radius 2 is 1.67 bits per heavy atom. The van der Waals surface area contributed by atoms with Crippen LogP contribution < -0.4 is 0 Å². The standard InChI is InChI=1S/C17H28N2O2/c1-2-14-16(20)18-11-7-6-10-15(18)17(21)19(14)12-13-8-4-3-5-9-13/h13-15H,2-12H2,1H3. The molecular formula is C17H28N2O2. The summed E-state index contributed by atoms with van der Waals surface area (Å²) in [4.78, 5) is 29.4. The fourth-order valence-electron chi connectivity index (χ4n) is 4.38. The second-order valence-electron chi connectivity index (χ2n) is 6.96. The molecule has 2 aliphatic heterocycles. The summed E-state index contributed by atoms with van der Waals surface area (Å²) < 4.78 is 0. The molecule has 2 atom stereocenters. The third-order valence-corrected chi connectivity index (χ3v) is 5.58. The van der Waals surface area contributed by atoms with E-state index in [0.717, 1.165) is 38.8 Å². The highest BCUT2D eigenvalue weighted by molar-refractivity contribution is 5.97. The lowest BCUT2D eigenvalue weighted by Crippen LogP contribution is -2.66. The van der Waals surface area contributed by atoms with Crippen LogP contribution in [-0.4, -0.2) is 46.8 Å². The predicted molar refractivity (Wildman–Crippen MR) is 81.7 cm³/mol. The molecule has 2 heterocycles. The molecule has 3 aliphatic rings. The Hall–Kier alpha value is -1.06. The van der Waals surface area contributed by atoms with Gasteiger partial charge in [-0.2, -0.15) is 0 Å². The highest BCUT2D eigenvalue weighted by Crippen LogP contribution is 2.31. The largest absolute Gasteiger partial charge is 0.329 e.